The quantitative estimate of drug-likeness (QED) is 0.769. The first-order valence-corrected chi connectivity index (χ1v) is 7.27. The van der Waals surface area contributed by atoms with E-state index in [2.05, 4.69) is 6.92 Å². The van der Waals surface area contributed by atoms with E-state index in [1.807, 2.05) is 12.1 Å². The van der Waals surface area contributed by atoms with Crippen molar-refractivity contribution in [2.75, 3.05) is 7.11 Å². The lowest BCUT2D eigenvalue weighted by atomic mass is 9.82. The molecule has 0 aliphatic heterocycles. The summed E-state index contributed by atoms with van der Waals surface area (Å²) >= 11 is 0. The number of hydrogen-bond acceptors (Lipinski definition) is 2. The fourth-order valence-electron chi connectivity index (χ4n) is 2.97. The predicted molar refractivity (Wildman–Crippen MR) is 84.2 cm³/mol. The summed E-state index contributed by atoms with van der Waals surface area (Å²) in [6, 6.07) is 12.2. The lowest BCUT2D eigenvalue weighted by Crippen LogP contribution is -2.08. The minimum absolute atomic E-state index is 0.249. The van der Waals surface area contributed by atoms with Crippen LogP contribution in [0.4, 0.5) is 4.39 Å². The summed E-state index contributed by atoms with van der Waals surface area (Å²) in [6.07, 6.45) is 1.92. The smallest absolute Gasteiger partial charge is 0.337 e. The molecule has 1 aliphatic carbocycles. The Bertz CT molecular complexity index is 758. The Morgan fingerprint density at radius 1 is 1.09 bits per heavy atom. The van der Waals surface area contributed by atoms with Gasteiger partial charge in [-0.05, 0) is 66.3 Å². The zero-order chi connectivity index (χ0) is 15.7. The van der Waals surface area contributed by atoms with Crippen molar-refractivity contribution >= 4 is 11.5 Å². The van der Waals surface area contributed by atoms with Crippen molar-refractivity contribution in [1.29, 1.82) is 0 Å². The minimum Gasteiger partial charge on any atom is -0.465 e. The maximum absolute atomic E-state index is 13.2. The average Bonchev–Trinajstić information content (AvgIpc) is 2.54. The number of fused-ring (bicyclic) bond motifs is 1. The minimum atomic E-state index is -0.343. The molecule has 22 heavy (non-hydrogen) atoms. The number of hydrogen-bond donors (Lipinski definition) is 0. The highest BCUT2D eigenvalue weighted by Crippen LogP contribution is 2.36. The molecule has 0 radical (unpaired) electrons. The van der Waals surface area contributed by atoms with E-state index in [-0.39, 0.29) is 11.8 Å². The fraction of sp³-hybridized carbons (Fsp3) is 0.211. The average molecular weight is 296 g/mol. The van der Waals surface area contributed by atoms with Crippen LogP contribution >= 0.6 is 0 Å². The van der Waals surface area contributed by atoms with Gasteiger partial charge in [0.15, 0.2) is 0 Å². The van der Waals surface area contributed by atoms with Crippen molar-refractivity contribution in [3.05, 3.63) is 76.1 Å². The molecule has 2 aromatic carbocycles. The Morgan fingerprint density at radius 2 is 1.82 bits per heavy atom. The maximum Gasteiger partial charge on any atom is 0.337 e. The van der Waals surface area contributed by atoms with E-state index in [9.17, 15) is 9.18 Å². The highest BCUT2D eigenvalue weighted by Gasteiger charge is 2.20. The summed E-state index contributed by atoms with van der Waals surface area (Å²) in [5, 5.41) is 0. The van der Waals surface area contributed by atoms with Crippen LogP contribution in [0.5, 0.6) is 0 Å². The molecule has 0 fully saturated rings. The molecule has 0 saturated carbocycles. The van der Waals surface area contributed by atoms with E-state index < -0.39 is 0 Å². The summed E-state index contributed by atoms with van der Waals surface area (Å²) in [7, 11) is 1.38. The van der Waals surface area contributed by atoms with Gasteiger partial charge in [-0.2, -0.15) is 0 Å². The van der Waals surface area contributed by atoms with Crippen LogP contribution in [0.25, 0.3) is 5.57 Å². The molecule has 0 saturated heterocycles. The van der Waals surface area contributed by atoms with E-state index in [1.165, 1.54) is 30.4 Å². The molecule has 2 nitrogen and oxygen atoms in total. The van der Waals surface area contributed by atoms with Crippen LogP contribution in [0.3, 0.4) is 0 Å². The molecule has 2 aromatic rings. The van der Waals surface area contributed by atoms with Gasteiger partial charge in [0.25, 0.3) is 0 Å². The van der Waals surface area contributed by atoms with Gasteiger partial charge in [-0.15, -0.1) is 0 Å². The molecule has 3 rings (SSSR count). The second-order valence-corrected chi connectivity index (χ2v) is 5.53. The lowest BCUT2D eigenvalue weighted by molar-refractivity contribution is 0.0600. The molecule has 1 aliphatic rings. The molecule has 0 spiro atoms. The number of halogens is 1. The van der Waals surface area contributed by atoms with Crippen molar-refractivity contribution in [2.45, 2.75) is 19.8 Å². The van der Waals surface area contributed by atoms with Crippen LogP contribution in [-0.2, 0) is 11.2 Å². The molecular formula is C19H17FO2. The zero-order valence-corrected chi connectivity index (χ0v) is 12.7. The standard InChI is InChI=1S/C19H17FO2/c1-12-3-4-13-5-6-15(19(21)22-2)11-17(13)18(12)14-7-9-16(20)10-8-14/h5-11H,3-4H2,1-2H3. The van der Waals surface area contributed by atoms with Gasteiger partial charge >= 0.3 is 5.97 Å². The van der Waals surface area contributed by atoms with E-state index in [0.29, 0.717) is 5.56 Å². The van der Waals surface area contributed by atoms with Crippen LogP contribution in [-0.4, -0.2) is 13.1 Å². The second kappa shape index (κ2) is 5.76. The van der Waals surface area contributed by atoms with Crippen molar-refractivity contribution in [1.82, 2.24) is 0 Å². The molecule has 3 heteroatoms. The Kier molecular flexibility index (Phi) is 3.80. The van der Waals surface area contributed by atoms with E-state index in [0.717, 1.165) is 29.5 Å². The second-order valence-electron chi connectivity index (χ2n) is 5.53. The van der Waals surface area contributed by atoms with Gasteiger partial charge in [0, 0.05) is 0 Å². The van der Waals surface area contributed by atoms with E-state index >= 15 is 0 Å². The van der Waals surface area contributed by atoms with Gasteiger partial charge in [-0.25, -0.2) is 9.18 Å². The van der Waals surface area contributed by atoms with Crippen LogP contribution in [0.15, 0.2) is 48.0 Å². The largest absolute Gasteiger partial charge is 0.465 e. The Hall–Kier alpha value is -2.42. The monoisotopic (exact) mass is 296 g/mol. The van der Waals surface area contributed by atoms with E-state index in [1.54, 1.807) is 18.2 Å². The molecule has 112 valence electrons. The summed E-state index contributed by atoms with van der Waals surface area (Å²) in [4.78, 5) is 11.8. The molecule has 0 heterocycles. The SMILES string of the molecule is COC(=O)c1ccc2c(c1)C(c1ccc(F)cc1)=C(C)CC2. The first-order chi connectivity index (χ1) is 10.6. The maximum atomic E-state index is 13.2. The number of carbonyl (C=O) groups excluding carboxylic acids is 1. The summed E-state index contributed by atoms with van der Waals surface area (Å²) in [5.41, 5.74) is 6.10. The summed E-state index contributed by atoms with van der Waals surface area (Å²) < 4.78 is 18.0. The van der Waals surface area contributed by atoms with Crippen LogP contribution in [0, 0.1) is 5.82 Å². The molecule has 0 atom stereocenters. The highest BCUT2D eigenvalue weighted by molar-refractivity contribution is 5.93. The number of ether oxygens (including phenoxy) is 1. The van der Waals surface area contributed by atoms with Crippen molar-refractivity contribution < 1.29 is 13.9 Å². The number of aryl methyl sites for hydroxylation is 1. The lowest BCUT2D eigenvalue weighted by Gasteiger charge is -2.22. The Balaban J connectivity index is 2.15. The van der Waals surface area contributed by atoms with Crippen LogP contribution < -0.4 is 0 Å². The third-order valence-corrected chi connectivity index (χ3v) is 4.13. The van der Waals surface area contributed by atoms with Crippen LogP contribution in [0.1, 0.15) is 40.4 Å². The van der Waals surface area contributed by atoms with Gasteiger partial charge in [0.1, 0.15) is 5.82 Å². The molecule has 0 unspecified atom stereocenters. The number of esters is 1. The molecule has 0 amide bonds. The topological polar surface area (TPSA) is 26.3 Å². The molecular weight excluding hydrogens is 279 g/mol. The number of benzene rings is 2. The molecule has 0 N–H and O–H groups in total. The normalized spacial score (nSPS) is 13.8. The van der Waals surface area contributed by atoms with E-state index in [4.69, 9.17) is 4.74 Å². The van der Waals surface area contributed by atoms with Crippen molar-refractivity contribution in [3.63, 3.8) is 0 Å². The Morgan fingerprint density at radius 3 is 2.50 bits per heavy atom. The fourth-order valence-corrected chi connectivity index (χ4v) is 2.97. The Labute approximate surface area is 129 Å². The van der Waals surface area contributed by atoms with Gasteiger partial charge in [0.05, 0.1) is 12.7 Å². The van der Waals surface area contributed by atoms with Gasteiger partial charge < -0.3 is 4.74 Å². The number of methoxy groups -OCH3 is 1. The van der Waals surface area contributed by atoms with Crippen molar-refractivity contribution in [3.8, 4) is 0 Å². The summed E-state index contributed by atoms with van der Waals surface area (Å²) in [6.45, 7) is 2.09. The third kappa shape index (κ3) is 2.54. The van der Waals surface area contributed by atoms with Gasteiger partial charge in [-0.3, -0.25) is 0 Å². The first-order valence-electron chi connectivity index (χ1n) is 7.27. The van der Waals surface area contributed by atoms with Crippen molar-refractivity contribution in [2.24, 2.45) is 0 Å². The predicted octanol–water partition coefficient (Wildman–Crippen LogP) is 4.38. The number of rotatable bonds is 2. The number of allylic oxidation sites excluding steroid dienone is 1. The van der Waals surface area contributed by atoms with Gasteiger partial charge in [0.2, 0.25) is 0 Å². The number of carbonyl (C=O) groups is 1. The summed E-state index contributed by atoms with van der Waals surface area (Å²) in [5.74, 6) is -0.592. The zero-order valence-electron chi connectivity index (χ0n) is 12.7. The molecule has 0 bridgehead atoms. The van der Waals surface area contributed by atoms with Crippen LogP contribution in [0.2, 0.25) is 0 Å². The highest BCUT2D eigenvalue weighted by atomic mass is 19.1. The first kappa shape index (κ1) is 14.5. The molecule has 0 aromatic heterocycles. The van der Waals surface area contributed by atoms with Gasteiger partial charge in [-0.1, -0.05) is 23.8 Å². The third-order valence-electron chi connectivity index (χ3n) is 4.13.